The van der Waals surface area contributed by atoms with Gasteiger partial charge in [-0.25, -0.2) is 4.68 Å². The fraction of sp³-hybridized carbons (Fsp3) is 0.154. The Morgan fingerprint density at radius 2 is 1.32 bits per heavy atom. The molecular formula is C26H25N3O2. The van der Waals surface area contributed by atoms with Crippen molar-refractivity contribution in [3.8, 4) is 5.69 Å². The molecule has 0 spiro atoms. The molecule has 5 nitrogen and oxygen atoms in total. The number of rotatable bonds is 6. The first-order valence-electron chi connectivity index (χ1n) is 10.3. The van der Waals surface area contributed by atoms with E-state index >= 15 is 0 Å². The van der Waals surface area contributed by atoms with E-state index in [0.717, 1.165) is 16.8 Å². The van der Waals surface area contributed by atoms with E-state index in [1.807, 2.05) is 105 Å². The molecule has 4 aromatic rings. The number of hydrogen-bond acceptors (Lipinski definition) is 2. The van der Waals surface area contributed by atoms with Crippen LogP contribution in [0.4, 0.5) is 5.69 Å². The van der Waals surface area contributed by atoms with Gasteiger partial charge in [-0.2, -0.15) is 0 Å². The Kier molecular flexibility index (Phi) is 5.85. The lowest BCUT2D eigenvalue weighted by atomic mass is 9.88. The van der Waals surface area contributed by atoms with Crippen LogP contribution in [0.5, 0.6) is 0 Å². The molecule has 0 bridgehead atoms. The molecule has 0 aliphatic heterocycles. The van der Waals surface area contributed by atoms with Crippen LogP contribution in [-0.4, -0.2) is 15.3 Å². The quantitative estimate of drug-likeness (QED) is 0.502. The molecule has 156 valence electrons. The van der Waals surface area contributed by atoms with Gasteiger partial charge in [0.15, 0.2) is 0 Å². The normalized spacial score (nSPS) is 10.9. The SMILES string of the molecule is Cc1c(NC(=O)CC(c2ccccc2)c2ccccc2)c(=O)n(-c2ccccc2)n1C. The van der Waals surface area contributed by atoms with Crippen molar-refractivity contribution in [1.29, 1.82) is 0 Å². The van der Waals surface area contributed by atoms with E-state index in [1.165, 1.54) is 0 Å². The number of hydrogen-bond donors (Lipinski definition) is 1. The third kappa shape index (κ3) is 4.21. The van der Waals surface area contributed by atoms with Crippen molar-refractivity contribution in [3.63, 3.8) is 0 Å². The number of amides is 1. The zero-order valence-corrected chi connectivity index (χ0v) is 17.7. The highest BCUT2D eigenvalue weighted by Gasteiger charge is 2.22. The average Bonchev–Trinajstić information content (AvgIpc) is 3.02. The van der Waals surface area contributed by atoms with Crippen LogP contribution < -0.4 is 10.9 Å². The Bertz CT molecular complexity index is 1190. The minimum absolute atomic E-state index is 0.0947. The van der Waals surface area contributed by atoms with Crippen LogP contribution in [0.25, 0.3) is 5.69 Å². The maximum atomic E-state index is 13.1. The van der Waals surface area contributed by atoms with Gasteiger partial charge in [0.05, 0.1) is 11.4 Å². The van der Waals surface area contributed by atoms with Crippen molar-refractivity contribution < 1.29 is 4.79 Å². The van der Waals surface area contributed by atoms with Crippen LogP contribution in [0.1, 0.15) is 29.2 Å². The second-order valence-electron chi connectivity index (χ2n) is 7.56. The van der Waals surface area contributed by atoms with Gasteiger partial charge in [0.1, 0.15) is 5.69 Å². The summed E-state index contributed by atoms with van der Waals surface area (Å²) in [5, 5.41) is 2.89. The van der Waals surface area contributed by atoms with Crippen LogP contribution in [-0.2, 0) is 11.8 Å². The molecule has 0 atom stereocenters. The molecule has 4 rings (SSSR count). The summed E-state index contributed by atoms with van der Waals surface area (Å²) in [6.45, 7) is 1.84. The molecule has 1 heterocycles. The Labute approximate surface area is 181 Å². The van der Waals surface area contributed by atoms with Gasteiger partial charge >= 0.3 is 0 Å². The first-order chi connectivity index (χ1) is 15.1. The lowest BCUT2D eigenvalue weighted by Crippen LogP contribution is -2.23. The van der Waals surface area contributed by atoms with Crippen LogP contribution in [0.2, 0.25) is 0 Å². The highest BCUT2D eigenvalue weighted by atomic mass is 16.2. The maximum Gasteiger partial charge on any atom is 0.295 e. The molecular weight excluding hydrogens is 386 g/mol. The van der Waals surface area contributed by atoms with E-state index in [1.54, 1.807) is 9.36 Å². The van der Waals surface area contributed by atoms with E-state index in [-0.39, 0.29) is 23.8 Å². The van der Waals surface area contributed by atoms with Crippen LogP contribution in [0.15, 0.2) is 95.8 Å². The lowest BCUT2D eigenvalue weighted by molar-refractivity contribution is -0.116. The van der Waals surface area contributed by atoms with Gasteiger partial charge in [0.2, 0.25) is 5.91 Å². The largest absolute Gasteiger partial charge is 0.320 e. The van der Waals surface area contributed by atoms with Gasteiger partial charge in [0.25, 0.3) is 5.56 Å². The Hall–Kier alpha value is -3.86. The van der Waals surface area contributed by atoms with Crippen molar-refractivity contribution in [1.82, 2.24) is 9.36 Å². The molecule has 3 aromatic carbocycles. The molecule has 0 aliphatic carbocycles. The molecule has 0 unspecified atom stereocenters. The van der Waals surface area contributed by atoms with Gasteiger partial charge in [-0.1, -0.05) is 78.9 Å². The van der Waals surface area contributed by atoms with Gasteiger partial charge in [-0.05, 0) is 30.2 Å². The third-order valence-corrected chi connectivity index (χ3v) is 5.61. The lowest BCUT2D eigenvalue weighted by Gasteiger charge is -2.17. The first-order valence-corrected chi connectivity index (χ1v) is 10.3. The molecule has 31 heavy (non-hydrogen) atoms. The van der Waals surface area contributed by atoms with Gasteiger partial charge < -0.3 is 5.32 Å². The summed E-state index contributed by atoms with van der Waals surface area (Å²) in [7, 11) is 1.82. The van der Waals surface area contributed by atoms with Crippen molar-refractivity contribution in [3.05, 3.63) is 118 Å². The van der Waals surface area contributed by atoms with E-state index in [4.69, 9.17) is 0 Å². The second kappa shape index (κ2) is 8.88. The first kappa shape index (κ1) is 20.4. The number of benzene rings is 3. The zero-order valence-electron chi connectivity index (χ0n) is 17.7. The number of nitrogens with one attached hydrogen (secondary N) is 1. The molecule has 1 aromatic heterocycles. The summed E-state index contributed by atoms with van der Waals surface area (Å²) in [5.41, 5.74) is 3.67. The number of anilines is 1. The Morgan fingerprint density at radius 3 is 1.84 bits per heavy atom. The number of carbonyl (C=O) groups excluding carboxylic acids is 1. The van der Waals surface area contributed by atoms with Gasteiger partial charge in [-0.3, -0.25) is 14.3 Å². The molecule has 0 aliphatic rings. The second-order valence-corrected chi connectivity index (χ2v) is 7.56. The fourth-order valence-corrected chi connectivity index (χ4v) is 3.89. The Morgan fingerprint density at radius 1 is 0.839 bits per heavy atom. The number of carbonyl (C=O) groups is 1. The Balaban J connectivity index is 1.63. The van der Waals surface area contributed by atoms with Crippen molar-refractivity contribution in [2.24, 2.45) is 7.05 Å². The standard InChI is InChI=1S/C26H25N3O2/c1-19-25(26(31)29(28(19)2)22-16-10-5-11-17-22)27-24(30)18-23(20-12-6-3-7-13-20)21-14-8-4-9-15-21/h3-17,23H,18H2,1-2H3,(H,27,30). The summed E-state index contributed by atoms with van der Waals surface area (Å²) in [6, 6.07) is 29.3. The van der Waals surface area contributed by atoms with E-state index < -0.39 is 0 Å². The average molecular weight is 412 g/mol. The minimum Gasteiger partial charge on any atom is -0.320 e. The predicted molar refractivity (Wildman–Crippen MR) is 124 cm³/mol. The van der Waals surface area contributed by atoms with Crippen LogP contribution in [0, 0.1) is 6.92 Å². The number of nitrogens with zero attached hydrogens (tertiary/aromatic N) is 2. The smallest absolute Gasteiger partial charge is 0.295 e. The molecule has 0 radical (unpaired) electrons. The number of para-hydroxylation sites is 1. The van der Waals surface area contributed by atoms with Crippen LogP contribution in [0.3, 0.4) is 0 Å². The predicted octanol–water partition coefficient (Wildman–Crippen LogP) is 4.65. The monoisotopic (exact) mass is 411 g/mol. The zero-order chi connectivity index (χ0) is 21.8. The maximum absolute atomic E-state index is 13.1. The number of aromatic nitrogens is 2. The highest BCUT2D eigenvalue weighted by Crippen LogP contribution is 2.28. The van der Waals surface area contributed by atoms with Crippen molar-refractivity contribution in [2.75, 3.05) is 5.32 Å². The van der Waals surface area contributed by atoms with E-state index in [0.29, 0.717) is 11.4 Å². The molecule has 1 amide bonds. The van der Waals surface area contributed by atoms with Gasteiger partial charge in [0, 0.05) is 19.4 Å². The fourth-order valence-electron chi connectivity index (χ4n) is 3.89. The van der Waals surface area contributed by atoms with E-state index in [9.17, 15) is 9.59 Å². The summed E-state index contributed by atoms with van der Waals surface area (Å²) in [5.74, 6) is -0.286. The summed E-state index contributed by atoms with van der Waals surface area (Å²) >= 11 is 0. The molecule has 5 heteroatoms. The highest BCUT2D eigenvalue weighted by molar-refractivity contribution is 5.92. The molecule has 0 saturated carbocycles. The summed E-state index contributed by atoms with van der Waals surface area (Å²) in [4.78, 5) is 26.2. The van der Waals surface area contributed by atoms with Gasteiger partial charge in [-0.15, -0.1) is 0 Å². The molecule has 1 N–H and O–H groups in total. The molecule has 0 fully saturated rings. The summed E-state index contributed by atoms with van der Waals surface area (Å²) < 4.78 is 3.33. The summed E-state index contributed by atoms with van der Waals surface area (Å²) in [6.07, 6.45) is 0.243. The molecule has 0 saturated heterocycles. The van der Waals surface area contributed by atoms with Crippen molar-refractivity contribution in [2.45, 2.75) is 19.3 Å². The minimum atomic E-state index is -0.240. The van der Waals surface area contributed by atoms with E-state index in [2.05, 4.69) is 5.32 Å². The topological polar surface area (TPSA) is 56.0 Å². The van der Waals surface area contributed by atoms with Crippen LogP contribution >= 0.6 is 0 Å². The third-order valence-electron chi connectivity index (χ3n) is 5.61. The van der Waals surface area contributed by atoms with Crippen molar-refractivity contribution >= 4 is 11.6 Å².